The van der Waals surface area contributed by atoms with Crippen molar-refractivity contribution in [2.24, 2.45) is 0 Å². The molecule has 24 heavy (non-hydrogen) atoms. The molecular weight excluding hydrogens is 308 g/mol. The molecule has 2 aromatic carbocycles. The standard InChI is InChI=1S/C19H20O5/c1-23-16-7-3-13(4-8-16)18(21)11-15(20)12-19(22)14-5-9-17(24-2)10-6-14/h3-11,19,21-22H,12H2,1-2H3/b18-11-. The predicted octanol–water partition coefficient (Wildman–Crippen LogP) is 3.30. The third kappa shape index (κ3) is 4.60. The molecule has 5 heteroatoms. The van der Waals surface area contributed by atoms with Gasteiger partial charge in [0.25, 0.3) is 0 Å². The summed E-state index contributed by atoms with van der Waals surface area (Å²) in [6.07, 6.45) is 0.0597. The second kappa shape index (κ2) is 8.17. The third-order valence-corrected chi connectivity index (χ3v) is 3.58. The smallest absolute Gasteiger partial charge is 0.162 e. The third-order valence-electron chi connectivity index (χ3n) is 3.58. The summed E-state index contributed by atoms with van der Waals surface area (Å²) in [5, 5.41) is 20.1. The first-order chi connectivity index (χ1) is 11.5. The van der Waals surface area contributed by atoms with Gasteiger partial charge in [-0.1, -0.05) is 12.1 Å². The van der Waals surface area contributed by atoms with Crippen LogP contribution in [-0.4, -0.2) is 30.2 Å². The minimum atomic E-state index is -0.941. The van der Waals surface area contributed by atoms with Crippen molar-refractivity contribution in [3.8, 4) is 11.5 Å². The van der Waals surface area contributed by atoms with Crippen molar-refractivity contribution in [3.05, 3.63) is 65.7 Å². The summed E-state index contributed by atoms with van der Waals surface area (Å²) in [6.45, 7) is 0. The summed E-state index contributed by atoms with van der Waals surface area (Å²) < 4.78 is 10.1. The fourth-order valence-corrected chi connectivity index (χ4v) is 2.19. The highest BCUT2D eigenvalue weighted by Crippen LogP contribution is 2.22. The van der Waals surface area contributed by atoms with Gasteiger partial charge in [0, 0.05) is 18.1 Å². The van der Waals surface area contributed by atoms with Gasteiger partial charge in [0.2, 0.25) is 0 Å². The maximum Gasteiger partial charge on any atom is 0.162 e. The van der Waals surface area contributed by atoms with Crippen LogP contribution in [0.4, 0.5) is 0 Å². The summed E-state index contributed by atoms with van der Waals surface area (Å²) in [5.41, 5.74) is 1.12. The van der Waals surface area contributed by atoms with Crippen molar-refractivity contribution < 1.29 is 24.5 Å². The first-order valence-corrected chi connectivity index (χ1v) is 7.43. The van der Waals surface area contributed by atoms with Crippen molar-refractivity contribution in [1.82, 2.24) is 0 Å². The second-order valence-corrected chi connectivity index (χ2v) is 5.22. The van der Waals surface area contributed by atoms with Crippen molar-refractivity contribution in [2.75, 3.05) is 14.2 Å². The topological polar surface area (TPSA) is 76.0 Å². The number of aliphatic hydroxyl groups is 2. The Bertz CT molecular complexity index is 702. The molecule has 0 fully saturated rings. The number of methoxy groups -OCH3 is 2. The average molecular weight is 328 g/mol. The van der Waals surface area contributed by atoms with Crippen LogP contribution < -0.4 is 9.47 Å². The van der Waals surface area contributed by atoms with Crippen LogP contribution in [0.5, 0.6) is 11.5 Å². The van der Waals surface area contributed by atoms with Gasteiger partial charge in [-0.2, -0.15) is 0 Å². The fourth-order valence-electron chi connectivity index (χ4n) is 2.19. The van der Waals surface area contributed by atoms with E-state index in [4.69, 9.17) is 9.47 Å². The largest absolute Gasteiger partial charge is 0.507 e. The van der Waals surface area contributed by atoms with E-state index in [2.05, 4.69) is 0 Å². The van der Waals surface area contributed by atoms with Crippen LogP contribution in [0, 0.1) is 0 Å². The summed E-state index contributed by atoms with van der Waals surface area (Å²) in [7, 11) is 3.11. The number of ether oxygens (including phenoxy) is 2. The second-order valence-electron chi connectivity index (χ2n) is 5.22. The minimum Gasteiger partial charge on any atom is -0.507 e. The summed E-state index contributed by atoms with van der Waals surface area (Å²) in [6, 6.07) is 13.5. The summed E-state index contributed by atoms with van der Waals surface area (Å²) in [5.74, 6) is 0.818. The molecule has 0 bridgehead atoms. The molecule has 0 aromatic heterocycles. The number of rotatable bonds is 7. The zero-order valence-corrected chi connectivity index (χ0v) is 13.6. The van der Waals surface area contributed by atoms with Gasteiger partial charge in [0.15, 0.2) is 5.78 Å². The molecule has 1 unspecified atom stereocenters. The molecule has 0 aliphatic carbocycles. The van der Waals surface area contributed by atoms with E-state index in [9.17, 15) is 15.0 Å². The zero-order valence-electron chi connectivity index (χ0n) is 13.6. The van der Waals surface area contributed by atoms with Gasteiger partial charge < -0.3 is 19.7 Å². The molecule has 0 amide bonds. The number of ketones is 1. The molecule has 2 N–H and O–H groups in total. The van der Waals surface area contributed by atoms with E-state index >= 15 is 0 Å². The predicted molar refractivity (Wildman–Crippen MR) is 91.2 cm³/mol. The van der Waals surface area contributed by atoms with Crippen molar-refractivity contribution >= 4 is 11.5 Å². The van der Waals surface area contributed by atoms with E-state index in [-0.39, 0.29) is 18.0 Å². The number of carbonyl (C=O) groups is 1. The van der Waals surface area contributed by atoms with Crippen LogP contribution in [-0.2, 0) is 4.79 Å². The molecule has 1 atom stereocenters. The van der Waals surface area contributed by atoms with Crippen molar-refractivity contribution in [1.29, 1.82) is 0 Å². The maximum atomic E-state index is 12.0. The lowest BCUT2D eigenvalue weighted by Gasteiger charge is -2.10. The number of aliphatic hydroxyl groups excluding tert-OH is 2. The summed E-state index contributed by atoms with van der Waals surface area (Å²) in [4.78, 5) is 12.0. The minimum absolute atomic E-state index is 0.119. The highest BCUT2D eigenvalue weighted by atomic mass is 16.5. The molecule has 126 valence electrons. The summed E-state index contributed by atoms with van der Waals surface area (Å²) >= 11 is 0. The van der Waals surface area contributed by atoms with E-state index in [1.165, 1.54) is 0 Å². The van der Waals surface area contributed by atoms with Gasteiger partial charge in [-0.15, -0.1) is 0 Å². The molecule has 0 heterocycles. The van der Waals surface area contributed by atoms with Gasteiger partial charge in [-0.25, -0.2) is 0 Å². The van der Waals surface area contributed by atoms with Crippen LogP contribution in [0.3, 0.4) is 0 Å². The number of benzene rings is 2. The van der Waals surface area contributed by atoms with E-state index in [0.29, 0.717) is 22.6 Å². The molecule has 0 saturated heterocycles. The molecule has 0 radical (unpaired) electrons. The first-order valence-electron chi connectivity index (χ1n) is 7.43. The van der Waals surface area contributed by atoms with Gasteiger partial charge >= 0.3 is 0 Å². The molecule has 0 aliphatic rings. The maximum absolute atomic E-state index is 12.0. The Labute approximate surface area is 140 Å². The van der Waals surface area contributed by atoms with Gasteiger partial charge in [0.1, 0.15) is 17.3 Å². The zero-order chi connectivity index (χ0) is 17.5. The van der Waals surface area contributed by atoms with Crippen LogP contribution >= 0.6 is 0 Å². The number of carbonyl (C=O) groups excluding carboxylic acids is 1. The van der Waals surface area contributed by atoms with Crippen LogP contribution in [0.25, 0.3) is 5.76 Å². The van der Waals surface area contributed by atoms with Crippen LogP contribution in [0.2, 0.25) is 0 Å². The Kier molecular flexibility index (Phi) is 5.98. The van der Waals surface area contributed by atoms with Crippen molar-refractivity contribution in [3.63, 3.8) is 0 Å². The lowest BCUT2D eigenvalue weighted by atomic mass is 10.0. The molecule has 0 spiro atoms. The Morgan fingerprint density at radius 2 is 1.50 bits per heavy atom. The van der Waals surface area contributed by atoms with E-state index < -0.39 is 6.10 Å². The fraction of sp³-hybridized carbons (Fsp3) is 0.211. The van der Waals surface area contributed by atoms with Crippen molar-refractivity contribution in [2.45, 2.75) is 12.5 Å². The molecule has 2 aromatic rings. The molecule has 5 nitrogen and oxygen atoms in total. The molecule has 0 aliphatic heterocycles. The first kappa shape index (κ1) is 17.6. The Morgan fingerprint density at radius 3 is 2.00 bits per heavy atom. The van der Waals surface area contributed by atoms with Crippen LogP contribution in [0.15, 0.2) is 54.6 Å². The molecular formula is C19H20O5. The SMILES string of the molecule is COc1ccc(/C(O)=C/C(=O)CC(O)c2ccc(OC)cc2)cc1. The highest BCUT2D eigenvalue weighted by Gasteiger charge is 2.13. The van der Waals surface area contributed by atoms with E-state index in [1.807, 2.05) is 0 Å². The Balaban J connectivity index is 2.01. The molecule has 0 saturated carbocycles. The highest BCUT2D eigenvalue weighted by molar-refractivity contribution is 5.95. The van der Waals surface area contributed by atoms with Gasteiger partial charge in [-0.3, -0.25) is 4.79 Å². The number of hydrogen-bond acceptors (Lipinski definition) is 5. The quantitative estimate of drug-likeness (QED) is 0.602. The van der Waals surface area contributed by atoms with E-state index in [1.54, 1.807) is 62.8 Å². The Hall–Kier alpha value is -2.79. The number of hydrogen-bond donors (Lipinski definition) is 2. The lowest BCUT2D eigenvalue weighted by molar-refractivity contribution is -0.116. The van der Waals surface area contributed by atoms with E-state index in [0.717, 1.165) is 6.08 Å². The average Bonchev–Trinajstić information content (AvgIpc) is 2.61. The van der Waals surface area contributed by atoms with Gasteiger partial charge in [-0.05, 0) is 42.0 Å². The monoisotopic (exact) mass is 328 g/mol. The molecule has 2 rings (SSSR count). The van der Waals surface area contributed by atoms with Crippen LogP contribution in [0.1, 0.15) is 23.7 Å². The lowest BCUT2D eigenvalue weighted by Crippen LogP contribution is -2.05. The Morgan fingerprint density at radius 1 is 1.00 bits per heavy atom. The number of allylic oxidation sites excluding steroid dienone is 1. The normalized spacial score (nSPS) is 12.5. The van der Waals surface area contributed by atoms with Gasteiger partial charge in [0.05, 0.1) is 20.3 Å².